The van der Waals surface area contributed by atoms with Gasteiger partial charge in [0, 0.05) is 36.6 Å². The number of pyridine rings is 1. The van der Waals surface area contributed by atoms with Crippen LogP contribution in [-0.4, -0.2) is 23.7 Å². The molecule has 0 saturated heterocycles. The van der Waals surface area contributed by atoms with Crippen molar-refractivity contribution in [1.29, 1.82) is 0 Å². The predicted molar refractivity (Wildman–Crippen MR) is 120 cm³/mol. The van der Waals surface area contributed by atoms with Gasteiger partial charge in [0.2, 0.25) is 0 Å². The topological polar surface area (TPSA) is 30.3 Å². The molecule has 0 amide bonds. The van der Waals surface area contributed by atoms with Gasteiger partial charge >= 0.3 is 0 Å². The number of hydrogen-bond donors (Lipinski definition) is 0. The number of ether oxygens (including phenoxy) is 1. The SMILES string of the molecule is COc1ccc(Cn2c(C)c(C)c3ccnc(CN(C)c4ccc(F)cc4)c32)cc1. The van der Waals surface area contributed by atoms with E-state index in [1.165, 1.54) is 34.3 Å². The van der Waals surface area contributed by atoms with E-state index in [4.69, 9.17) is 9.72 Å². The number of methoxy groups -OCH3 is 1. The Bertz CT molecular complexity index is 1160. The van der Waals surface area contributed by atoms with E-state index in [1.807, 2.05) is 25.4 Å². The van der Waals surface area contributed by atoms with Gasteiger partial charge in [0.15, 0.2) is 0 Å². The van der Waals surface area contributed by atoms with Gasteiger partial charge in [-0.05, 0) is 67.4 Å². The lowest BCUT2D eigenvalue weighted by Gasteiger charge is -2.20. The Morgan fingerprint density at radius 2 is 1.70 bits per heavy atom. The molecule has 4 nitrogen and oxygen atoms in total. The van der Waals surface area contributed by atoms with Gasteiger partial charge in [-0.25, -0.2) is 4.39 Å². The number of fused-ring (bicyclic) bond motifs is 1. The quantitative estimate of drug-likeness (QED) is 0.427. The zero-order chi connectivity index (χ0) is 21.3. The first kappa shape index (κ1) is 20.0. The Morgan fingerprint density at radius 1 is 1.00 bits per heavy atom. The van der Waals surface area contributed by atoms with E-state index in [0.717, 1.165) is 29.2 Å². The van der Waals surface area contributed by atoms with Crippen molar-refractivity contribution >= 4 is 16.6 Å². The fourth-order valence-electron chi connectivity index (χ4n) is 3.90. The van der Waals surface area contributed by atoms with E-state index in [1.54, 1.807) is 19.2 Å². The average molecular weight is 404 g/mol. The van der Waals surface area contributed by atoms with Crippen LogP contribution in [0.1, 0.15) is 22.5 Å². The van der Waals surface area contributed by atoms with Crippen LogP contribution in [0.4, 0.5) is 10.1 Å². The van der Waals surface area contributed by atoms with Crippen LogP contribution in [0.15, 0.2) is 60.8 Å². The fourth-order valence-corrected chi connectivity index (χ4v) is 3.90. The highest BCUT2D eigenvalue weighted by atomic mass is 19.1. The Labute approximate surface area is 176 Å². The maximum absolute atomic E-state index is 13.3. The highest BCUT2D eigenvalue weighted by molar-refractivity contribution is 5.87. The maximum atomic E-state index is 13.3. The Hall–Kier alpha value is -3.34. The molecule has 154 valence electrons. The molecule has 0 fully saturated rings. The summed E-state index contributed by atoms with van der Waals surface area (Å²) in [5.74, 6) is 0.624. The molecule has 0 N–H and O–H groups in total. The molecular weight excluding hydrogens is 377 g/mol. The van der Waals surface area contributed by atoms with Crippen LogP contribution in [0, 0.1) is 19.7 Å². The third-order valence-corrected chi connectivity index (χ3v) is 5.78. The van der Waals surface area contributed by atoms with E-state index < -0.39 is 0 Å². The van der Waals surface area contributed by atoms with Crippen LogP contribution >= 0.6 is 0 Å². The molecule has 0 aliphatic rings. The van der Waals surface area contributed by atoms with Crippen molar-refractivity contribution in [1.82, 2.24) is 9.55 Å². The Morgan fingerprint density at radius 3 is 2.37 bits per heavy atom. The average Bonchev–Trinajstić information content (AvgIpc) is 3.00. The van der Waals surface area contributed by atoms with Gasteiger partial charge in [-0.2, -0.15) is 0 Å². The lowest BCUT2D eigenvalue weighted by atomic mass is 10.1. The molecule has 0 bridgehead atoms. The lowest BCUT2D eigenvalue weighted by molar-refractivity contribution is 0.414. The first-order chi connectivity index (χ1) is 14.5. The Kier molecular flexibility index (Phi) is 5.44. The van der Waals surface area contributed by atoms with Crippen molar-refractivity contribution in [3.8, 4) is 5.75 Å². The van der Waals surface area contributed by atoms with Gasteiger partial charge in [-0.3, -0.25) is 4.98 Å². The zero-order valence-electron chi connectivity index (χ0n) is 17.8. The summed E-state index contributed by atoms with van der Waals surface area (Å²) in [6.45, 7) is 5.72. The standard InChI is InChI=1S/C25H26FN3O/c1-17-18(2)29(15-19-5-11-22(30-4)12-6-19)25-23(17)13-14-27-24(25)16-28(3)21-9-7-20(26)8-10-21/h5-14H,15-16H2,1-4H3. The molecule has 30 heavy (non-hydrogen) atoms. The molecule has 0 radical (unpaired) electrons. The van der Waals surface area contributed by atoms with Gasteiger partial charge < -0.3 is 14.2 Å². The first-order valence-electron chi connectivity index (χ1n) is 10.0. The summed E-state index contributed by atoms with van der Waals surface area (Å²) in [6.07, 6.45) is 1.88. The summed E-state index contributed by atoms with van der Waals surface area (Å²) in [5, 5.41) is 1.22. The number of rotatable bonds is 6. The van der Waals surface area contributed by atoms with Crippen LogP contribution in [-0.2, 0) is 13.1 Å². The highest BCUT2D eigenvalue weighted by Crippen LogP contribution is 2.29. The summed E-state index contributed by atoms with van der Waals surface area (Å²) in [5.41, 5.74) is 6.82. The van der Waals surface area contributed by atoms with Crippen LogP contribution < -0.4 is 9.64 Å². The second-order valence-electron chi connectivity index (χ2n) is 7.63. The highest BCUT2D eigenvalue weighted by Gasteiger charge is 2.17. The normalized spacial score (nSPS) is 11.1. The van der Waals surface area contributed by atoms with E-state index in [9.17, 15) is 4.39 Å². The van der Waals surface area contributed by atoms with Crippen molar-refractivity contribution in [3.63, 3.8) is 0 Å². The molecule has 5 heteroatoms. The van der Waals surface area contributed by atoms with Crippen LogP contribution in [0.5, 0.6) is 5.75 Å². The van der Waals surface area contributed by atoms with E-state index in [0.29, 0.717) is 6.54 Å². The monoisotopic (exact) mass is 403 g/mol. The van der Waals surface area contributed by atoms with Crippen molar-refractivity contribution in [3.05, 3.63) is 89.1 Å². The molecule has 0 unspecified atom stereocenters. The zero-order valence-corrected chi connectivity index (χ0v) is 17.8. The van der Waals surface area contributed by atoms with Crippen LogP contribution in [0.2, 0.25) is 0 Å². The minimum absolute atomic E-state index is 0.230. The molecule has 0 atom stereocenters. The van der Waals surface area contributed by atoms with Crippen LogP contribution in [0.25, 0.3) is 10.9 Å². The molecule has 4 aromatic rings. The van der Waals surface area contributed by atoms with E-state index in [-0.39, 0.29) is 5.82 Å². The van der Waals surface area contributed by atoms with Gasteiger partial charge in [0.1, 0.15) is 11.6 Å². The number of halogens is 1. The number of hydrogen-bond acceptors (Lipinski definition) is 3. The summed E-state index contributed by atoms with van der Waals surface area (Å²) in [4.78, 5) is 6.81. The smallest absolute Gasteiger partial charge is 0.123 e. The molecule has 2 aromatic carbocycles. The molecule has 2 heterocycles. The second-order valence-corrected chi connectivity index (χ2v) is 7.63. The first-order valence-corrected chi connectivity index (χ1v) is 10.0. The number of benzene rings is 2. The number of aryl methyl sites for hydroxylation is 1. The molecule has 0 aliphatic heterocycles. The summed E-state index contributed by atoms with van der Waals surface area (Å²) < 4.78 is 20.9. The van der Waals surface area contributed by atoms with Gasteiger partial charge in [0.25, 0.3) is 0 Å². The van der Waals surface area contributed by atoms with Gasteiger partial charge in [-0.1, -0.05) is 12.1 Å². The number of anilines is 1. The van der Waals surface area contributed by atoms with E-state index in [2.05, 4.69) is 41.5 Å². The third kappa shape index (κ3) is 3.75. The molecule has 4 rings (SSSR count). The van der Waals surface area contributed by atoms with E-state index >= 15 is 0 Å². The molecule has 0 saturated carbocycles. The van der Waals surface area contributed by atoms with Crippen molar-refractivity contribution in [2.75, 3.05) is 19.1 Å². The minimum Gasteiger partial charge on any atom is -0.497 e. The number of nitrogens with zero attached hydrogens (tertiary/aromatic N) is 3. The summed E-state index contributed by atoms with van der Waals surface area (Å²) in [6, 6.07) is 16.8. The Balaban J connectivity index is 1.73. The van der Waals surface area contributed by atoms with Gasteiger partial charge in [-0.15, -0.1) is 0 Å². The maximum Gasteiger partial charge on any atom is 0.123 e. The minimum atomic E-state index is -0.230. The van der Waals surface area contributed by atoms with Gasteiger partial charge in [0.05, 0.1) is 24.9 Å². The summed E-state index contributed by atoms with van der Waals surface area (Å²) >= 11 is 0. The summed E-state index contributed by atoms with van der Waals surface area (Å²) in [7, 11) is 3.68. The molecule has 0 aliphatic carbocycles. The number of aromatic nitrogens is 2. The third-order valence-electron chi connectivity index (χ3n) is 5.78. The fraction of sp³-hybridized carbons (Fsp3) is 0.240. The lowest BCUT2D eigenvalue weighted by Crippen LogP contribution is -2.18. The second kappa shape index (κ2) is 8.19. The molecular formula is C25H26FN3O. The largest absolute Gasteiger partial charge is 0.497 e. The van der Waals surface area contributed by atoms with Crippen molar-refractivity contribution < 1.29 is 9.13 Å². The van der Waals surface area contributed by atoms with Crippen molar-refractivity contribution in [2.24, 2.45) is 0 Å². The van der Waals surface area contributed by atoms with Crippen molar-refractivity contribution in [2.45, 2.75) is 26.9 Å². The van der Waals surface area contributed by atoms with Crippen LogP contribution in [0.3, 0.4) is 0 Å². The molecule has 0 spiro atoms. The molecule has 2 aromatic heterocycles. The predicted octanol–water partition coefficient (Wildman–Crippen LogP) is 5.49.